The Hall–Kier alpha value is -0.970. The van der Waals surface area contributed by atoms with Crippen molar-refractivity contribution in [3.63, 3.8) is 0 Å². The second-order valence-corrected chi connectivity index (χ2v) is 8.17. The molecule has 2 heterocycles. The number of phenols is 1. The first-order chi connectivity index (χ1) is 16.5. The van der Waals surface area contributed by atoms with Crippen molar-refractivity contribution in [3.05, 3.63) is 48.5 Å². The molecule has 36 heavy (non-hydrogen) atoms. The van der Waals surface area contributed by atoms with Gasteiger partial charge in [0.05, 0.1) is 8.52 Å². The zero-order valence-corrected chi connectivity index (χ0v) is 24.9. The van der Waals surface area contributed by atoms with Crippen molar-refractivity contribution in [3.8, 4) is 11.5 Å². The van der Waals surface area contributed by atoms with Crippen LogP contribution in [0.3, 0.4) is 0 Å². The Bertz CT molecular complexity index is 723. The Morgan fingerprint density at radius 3 is 1.67 bits per heavy atom. The molecule has 0 saturated carbocycles. The number of hydrogen-bond acceptors (Lipinski definition) is 7. The third-order valence-electron chi connectivity index (χ3n) is 5.25. The van der Waals surface area contributed by atoms with Crippen molar-refractivity contribution in [2.45, 2.75) is 25.7 Å². The van der Waals surface area contributed by atoms with Gasteiger partial charge in [-0.3, -0.25) is 9.29 Å². The van der Waals surface area contributed by atoms with Crippen LogP contribution in [0.2, 0.25) is 0 Å². The molecular weight excluding hydrogens is 517 g/mol. The molecule has 2 aromatic carbocycles. The molecule has 7 nitrogen and oxygen atoms in total. The van der Waals surface area contributed by atoms with Crippen LogP contribution in [0.25, 0.3) is 0 Å². The summed E-state index contributed by atoms with van der Waals surface area (Å²) in [4.78, 5) is 4.85. The van der Waals surface area contributed by atoms with Gasteiger partial charge in [0.15, 0.2) is 0 Å². The molecule has 0 amide bonds. The maximum absolute atomic E-state index is 9.96. The summed E-state index contributed by atoms with van der Waals surface area (Å²) in [6, 6.07) is 14.0. The predicted octanol–water partition coefficient (Wildman–Crippen LogP) is 1.87. The summed E-state index contributed by atoms with van der Waals surface area (Å²) in [6.07, 6.45) is 5.41. The van der Waals surface area contributed by atoms with E-state index in [1.165, 1.54) is 51.9 Å². The van der Waals surface area contributed by atoms with Crippen molar-refractivity contribution >= 4 is 35.4 Å². The van der Waals surface area contributed by atoms with E-state index in [0.29, 0.717) is 5.69 Å². The van der Waals surface area contributed by atoms with E-state index in [4.69, 9.17) is 34.3 Å². The molecule has 4 rings (SSSR count). The minimum Gasteiger partial charge on any atom is -0.870 e. The number of hydrogen-bond donors (Lipinski definition) is 3. The number of nitrogens with two attached hydrogens (primary N) is 2. The Labute approximate surface area is 250 Å². The number of rotatable bonds is 6. The maximum Gasteiger partial charge on any atom is 1.00 e. The number of nitrogen functional groups attached to an aromatic ring is 2. The van der Waals surface area contributed by atoms with Gasteiger partial charge in [-0.25, -0.2) is 0 Å². The third kappa shape index (κ3) is 19.2. The van der Waals surface area contributed by atoms with Crippen LogP contribution in [0.5, 0.6) is 11.5 Å². The second-order valence-electron chi connectivity index (χ2n) is 7.80. The van der Waals surface area contributed by atoms with Crippen LogP contribution in [0, 0.1) is 0 Å². The van der Waals surface area contributed by atoms with Crippen LogP contribution in [-0.4, -0.2) is 79.3 Å². The first kappa shape index (κ1) is 37.2. The van der Waals surface area contributed by atoms with Crippen LogP contribution in [0.1, 0.15) is 27.1 Å². The summed E-state index contributed by atoms with van der Waals surface area (Å²) in [5.41, 5.74) is 12.4. The molecule has 202 valence electrons. The van der Waals surface area contributed by atoms with Crippen LogP contribution in [-0.2, 0) is 0 Å². The molecule has 0 spiro atoms. The first-order valence-electron chi connectivity index (χ1n) is 12.1. The molecule has 0 aromatic heterocycles. The molecule has 0 radical (unpaired) electrons. The van der Waals surface area contributed by atoms with Gasteiger partial charge in [0.2, 0.25) is 0 Å². The summed E-state index contributed by atoms with van der Waals surface area (Å²) in [5.74, 6) is 1.95. The molecule has 0 aliphatic carbocycles. The van der Waals surface area contributed by atoms with Crippen molar-refractivity contribution in [2.75, 3.05) is 70.4 Å². The molecule has 2 aromatic rings. The molecule has 6 N–H and O–H groups in total. The fourth-order valence-electron chi connectivity index (χ4n) is 3.46. The SMILES string of the molecule is Cl.ClCCN1CCCC1.Nc1ccc(O)cc1.Nc1ccc(OCCN2CCCC2)cc1.[2H]CF.[Na+].[OH-]. The Morgan fingerprint density at radius 2 is 1.28 bits per heavy atom. The molecule has 2 aliphatic rings. The van der Waals surface area contributed by atoms with Crippen LogP contribution in [0.15, 0.2) is 48.5 Å². The smallest absolute Gasteiger partial charge is 0.870 e. The van der Waals surface area contributed by atoms with E-state index in [9.17, 15) is 4.39 Å². The molecule has 2 saturated heterocycles. The predicted molar refractivity (Wildman–Crippen MR) is 147 cm³/mol. The summed E-state index contributed by atoms with van der Waals surface area (Å²) in [7, 11) is -1.00. The summed E-state index contributed by atoms with van der Waals surface area (Å²) in [6.45, 7) is 7.88. The summed E-state index contributed by atoms with van der Waals surface area (Å²) in [5, 5.41) is 8.70. The van der Waals surface area contributed by atoms with Gasteiger partial charge in [0.1, 0.15) is 18.1 Å². The zero-order chi connectivity index (χ0) is 25.0. The Balaban J connectivity index is -0.000000455. The average Bonchev–Trinajstić information content (AvgIpc) is 3.54. The fraction of sp³-hybridized carbons (Fsp3) is 0.520. The van der Waals surface area contributed by atoms with E-state index < -0.39 is 7.15 Å². The van der Waals surface area contributed by atoms with Crippen molar-refractivity contribution in [2.24, 2.45) is 0 Å². The maximum atomic E-state index is 9.96. The monoisotopic (exact) mass is 559 g/mol. The van der Waals surface area contributed by atoms with E-state index in [1.807, 2.05) is 24.3 Å². The van der Waals surface area contributed by atoms with Gasteiger partial charge in [0.25, 0.3) is 0 Å². The van der Waals surface area contributed by atoms with Crippen molar-refractivity contribution < 1.29 is 50.6 Å². The molecule has 0 unspecified atom stereocenters. The van der Waals surface area contributed by atoms with Gasteiger partial charge in [-0.15, -0.1) is 24.0 Å². The van der Waals surface area contributed by atoms with Gasteiger partial charge >= 0.3 is 29.6 Å². The van der Waals surface area contributed by atoms with Gasteiger partial charge in [-0.2, -0.15) is 0 Å². The number of benzene rings is 2. The number of nitrogens with zero attached hydrogens (tertiary/aromatic N) is 2. The largest absolute Gasteiger partial charge is 1.00 e. The van der Waals surface area contributed by atoms with Crippen LogP contribution < -0.4 is 45.8 Å². The number of anilines is 2. The third-order valence-corrected chi connectivity index (χ3v) is 5.42. The number of likely N-dealkylation sites (tertiary alicyclic amines) is 2. The molecule has 2 aliphatic heterocycles. The first-order valence-corrected chi connectivity index (χ1v) is 11.9. The molecule has 0 bridgehead atoms. The van der Waals surface area contributed by atoms with E-state index >= 15 is 0 Å². The topological polar surface area (TPSA) is 118 Å². The number of phenolic OH excluding ortho intramolecular Hbond substituents is 1. The number of ether oxygens (including phenoxy) is 1. The van der Waals surface area contributed by atoms with Gasteiger partial charge < -0.3 is 31.7 Å². The number of aromatic hydroxyl groups is 1. The van der Waals surface area contributed by atoms with Gasteiger partial charge in [-0.05, 0) is 100 Å². The Morgan fingerprint density at radius 1 is 0.889 bits per heavy atom. The van der Waals surface area contributed by atoms with Crippen molar-refractivity contribution in [1.82, 2.24) is 9.80 Å². The summed E-state index contributed by atoms with van der Waals surface area (Å²) >= 11 is 5.54. The van der Waals surface area contributed by atoms with Gasteiger partial charge in [-0.1, -0.05) is 0 Å². The van der Waals surface area contributed by atoms with E-state index in [0.717, 1.165) is 37.0 Å². The number of alkyl halides is 2. The molecule has 0 atom stereocenters. The minimum atomic E-state index is -1.00. The summed E-state index contributed by atoms with van der Waals surface area (Å²) < 4.78 is 21.1. The second kappa shape index (κ2) is 25.7. The standard InChI is InChI=1S/C12H18N2O.C6H12ClN.C6H7NO.CH3F.ClH.Na.H2O/c13-11-3-5-12(6-4-11)15-10-9-14-7-1-2-8-14;7-3-6-8-4-1-2-5-8;7-5-1-3-6(8)4-2-5;1-2;;;/h3-6H,1-2,7-10,13H2;1-6H2;1-4,8H,7H2;1H3;1H;;1H2/q;;;;;+1;/p-1/i;;;1D;;;. The minimum absolute atomic E-state index is 0. The molecule has 2 fully saturated rings. The zero-order valence-electron chi connectivity index (χ0n) is 22.3. The normalized spacial score (nSPS) is 14.4. The molecular formula is C25H42Cl2FN4NaO3. The quantitative estimate of drug-likeness (QED) is 0.214. The van der Waals surface area contributed by atoms with Crippen LogP contribution >= 0.6 is 24.0 Å². The van der Waals surface area contributed by atoms with Crippen LogP contribution in [0.4, 0.5) is 15.8 Å². The fourth-order valence-corrected chi connectivity index (χ4v) is 3.70. The number of halogens is 3. The molecule has 11 heteroatoms. The Kier molecular flexibility index (Phi) is 26.5. The van der Waals surface area contributed by atoms with Gasteiger partial charge in [0, 0.05) is 30.3 Å². The van der Waals surface area contributed by atoms with E-state index in [-0.39, 0.29) is 53.2 Å². The van der Waals surface area contributed by atoms with Crippen molar-refractivity contribution in [1.29, 1.82) is 0 Å². The average molecular weight is 561 g/mol. The van der Waals surface area contributed by atoms with E-state index in [2.05, 4.69) is 9.80 Å². The van der Waals surface area contributed by atoms with E-state index in [1.54, 1.807) is 24.3 Å².